The maximum atomic E-state index is 8.66. The van der Waals surface area contributed by atoms with Crippen LogP contribution in [0.15, 0.2) is 18.3 Å². The van der Waals surface area contributed by atoms with Crippen molar-refractivity contribution in [3.05, 3.63) is 24.0 Å². The van der Waals surface area contributed by atoms with Crippen LogP contribution in [-0.4, -0.2) is 18.1 Å². The number of rotatable bonds is 4. The first-order chi connectivity index (χ1) is 8.83. The SMILES string of the molecule is N#Cc1ccc(OCC2CCCCC2CN)cn1. The average molecular weight is 245 g/mol. The number of nitriles is 1. The minimum atomic E-state index is 0.417. The standard InChI is InChI=1S/C14H19N3O/c15-7-11-3-1-2-4-12(11)10-18-14-6-5-13(8-16)17-9-14/h5-6,9,11-12H,1-4,7,10,15H2. The van der Waals surface area contributed by atoms with Crippen molar-refractivity contribution in [2.45, 2.75) is 25.7 Å². The van der Waals surface area contributed by atoms with Gasteiger partial charge in [-0.3, -0.25) is 0 Å². The van der Waals surface area contributed by atoms with Crippen LogP contribution >= 0.6 is 0 Å². The molecule has 2 atom stereocenters. The highest BCUT2D eigenvalue weighted by Gasteiger charge is 2.24. The van der Waals surface area contributed by atoms with Gasteiger partial charge in [0.15, 0.2) is 0 Å². The van der Waals surface area contributed by atoms with Crippen molar-refractivity contribution in [3.63, 3.8) is 0 Å². The minimum Gasteiger partial charge on any atom is -0.492 e. The third-order valence-corrected chi connectivity index (χ3v) is 3.68. The van der Waals surface area contributed by atoms with E-state index in [2.05, 4.69) is 4.98 Å². The Labute approximate surface area is 108 Å². The fraction of sp³-hybridized carbons (Fsp3) is 0.571. The maximum absolute atomic E-state index is 8.66. The minimum absolute atomic E-state index is 0.417. The van der Waals surface area contributed by atoms with Crippen molar-refractivity contribution in [1.29, 1.82) is 5.26 Å². The van der Waals surface area contributed by atoms with E-state index >= 15 is 0 Å². The van der Waals surface area contributed by atoms with Crippen LogP contribution in [-0.2, 0) is 0 Å². The van der Waals surface area contributed by atoms with Gasteiger partial charge in [0.25, 0.3) is 0 Å². The molecule has 0 amide bonds. The molecule has 1 saturated carbocycles. The first-order valence-electron chi connectivity index (χ1n) is 6.52. The van der Waals surface area contributed by atoms with E-state index in [0.29, 0.717) is 24.1 Å². The lowest BCUT2D eigenvalue weighted by molar-refractivity contribution is 0.153. The van der Waals surface area contributed by atoms with E-state index in [1.54, 1.807) is 18.3 Å². The van der Waals surface area contributed by atoms with Gasteiger partial charge in [-0.05, 0) is 43.4 Å². The number of ether oxygens (including phenoxy) is 1. The van der Waals surface area contributed by atoms with Gasteiger partial charge in [0.05, 0.1) is 12.8 Å². The Morgan fingerprint density at radius 1 is 1.33 bits per heavy atom. The van der Waals surface area contributed by atoms with Gasteiger partial charge in [-0.25, -0.2) is 4.98 Å². The zero-order chi connectivity index (χ0) is 12.8. The molecule has 96 valence electrons. The molecule has 2 rings (SSSR count). The average Bonchev–Trinajstić information content (AvgIpc) is 2.46. The molecule has 1 aromatic heterocycles. The molecule has 1 fully saturated rings. The fourth-order valence-corrected chi connectivity index (χ4v) is 2.55. The molecule has 0 aliphatic heterocycles. The Hall–Kier alpha value is -1.60. The van der Waals surface area contributed by atoms with Crippen molar-refractivity contribution in [2.24, 2.45) is 17.6 Å². The zero-order valence-electron chi connectivity index (χ0n) is 10.5. The number of hydrogen-bond donors (Lipinski definition) is 1. The van der Waals surface area contributed by atoms with Gasteiger partial charge in [-0.2, -0.15) is 5.26 Å². The van der Waals surface area contributed by atoms with E-state index in [9.17, 15) is 0 Å². The smallest absolute Gasteiger partial charge is 0.140 e. The van der Waals surface area contributed by atoms with Gasteiger partial charge in [-0.1, -0.05) is 12.8 Å². The molecule has 18 heavy (non-hydrogen) atoms. The van der Waals surface area contributed by atoms with Gasteiger partial charge >= 0.3 is 0 Å². The molecule has 1 aromatic rings. The number of pyridine rings is 1. The lowest BCUT2D eigenvalue weighted by atomic mass is 9.80. The van der Waals surface area contributed by atoms with Crippen molar-refractivity contribution in [2.75, 3.05) is 13.2 Å². The molecule has 0 spiro atoms. The van der Waals surface area contributed by atoms with Crippen molar-refractivity contribution >= 4 is 0 Å². The maximum Gasteiger partial charge on any atom is 0.140 e. The summed E-state index contributed by atoms with van der Waals surface area (Å²) in [6.07, 6.45) is 6.59. The molecule has 0 radical (unpaired) electrons. The van der Waals surface area contributed by atoms with Gasteiger partial charge in [-0.15, -0.1) is 0 Å². The van der Waals surface area contributed by atoms with E-state index < -0.39 is 0 Å². The summed E-state index contributed by atoms with van der Waals surface area (Å²) in [7, 11) is 0. The summed E-state index contributed by atoms with van der Waals surface area (Å²) < 4.78 is 5.75. The van der Waals surface area contributed by atoms with Crippen LogP contribution in [0.1, 0.15) is 31.4 Å². The van der Waals surface area contributed by atoms with Crippen LogP contribution in [0.25, 0.3) is 0 Å². The van der Waals surface area contributed by atoms with Crippen LogP contribution in [0, 0.1) is 23.2 Å². The number of aromatic nitrogens is 1. The quantitative estimate of drug-likeness (QED) is 0.881. The largest absolute Gasteiger partial charge is 0.492 e. The van der Waals surface area contributed by atoms with Crippen LogP contribution in [0.5, 0.6) is 5.75 Å². The number of hydrogen-bond acceptors (Lipinski definition) is 4. The first kappa shape index (κ1) is 12.8. The molecular formula is C14H19N3O. The Bertz CT molecular complexity index is 410. The second-order valence-electron chi connectivity index (χ2n) is 4.84. The molecule has 4 nitrogen and oxygen atoms in total. The predicted molar refractivity (Wildman–Crippen MR) is 68.9 cm³/mol. The predicted octanol–water partition coefficient (Wildman–Crippen LogP) is 2.10. The Kier molecular flexibility index (Phi) is 4.54. The van der Waals surface area contributed by atoms with Gasteiger partial charge < -0.3 is 10.5 Å². The van der Waals surface area contributed by atoms with E-state index in [1.807, 2.05) is 6.07 Å². The van der Waals surface area contributed by atoms with Crippen molar-refractivity contribution in [1.82, 2.24) is 4.98 Å². The second-order valence-corrected chi connectivity index (χ2v) is 4.84. The van der Waals surface area contributed by atoms with Gasteiger partial charge in [0.2, 0.25) is 0 Å². The zero-order valence-corrected chi connectivity index (χ0v) is 10.5. The fourth-order valence-electron chi connectivity index (χ4n) is 2.55. The van der Waals surface area contributed by atoms with Crippen molar-refractivity contribution in [3.8, 4) is 11.8 Å². The van der Waals surface area contributed by atoms with Gasteiger partial charge in [0.1, 0.15) is 17.5 Å². The summed E-state index contributed by atoms with van der Waals surface area (Å²) >= 11 is 0. The third-order valence-electron chi connectivity index (χ3n) is 3.68. The molecule has 4 heteroatoms. The molecule has 0 aromatic carbocycles. The van der Waals surface area contributed by atoms with E-state index in [0.717, 1.165) is 12.3 Å². The molecule has 0 saturated heterocycles. The summed E-state index contributed by atoms with van der Waals surface area (Å²) in [4.78, 5) is 3.99. The summed E-state index contributed by atoms with van der Waals surface area (Å²) in [5.41, 5.74) is 6.21. The summed E-state index contributed by atoms with van der Waals surface area (Å²) in [6, 6.07) is 5.47. The summed E-state index contributed by atoms with van der Waals surface area (Å²) in [5.74, 6) is 1.87. The molecule has 2 unspecified atom stereocenters. The highest BCUT2D eigenvalue weighted by Crippen LogP contribution is 2.29. The van der Waals surface area contributed by atoms with E-state index in [1.165, 1.54) is 25.7 Å². The van der Waals surface area contributed by atoms with Gasteiger partial charge in [0, 0.05) is 0 Å². The highest BCUT2D eigenvalue weighted by molar-refractivity contribution is 5.26. The highest BCUT2D eigenvalue weighted by atomic mass is 16.5. The third kappa shape index (κ3) is 3.21. The molecule has 0 bridgehead atoms. The molecule has 1 heterocycles. The van der Waals surface area contributed by atoms with Crippen molar-refractivity contribution < 1.29 is 4.74 Å². The molecular weight excluding hydrogens is 226 g/mol. The molecule has 1 aliphatic rings. The van der Waals surface area contributed by atoms with Crippen LogP contribution in [0.3, 0.4) is 0 Å². The second kappa shape index (κ2) is 6.36. The van der Waals surface area contributed by atoms with E-state index in [-0.39, 0.29) is 0 Å². The Morgan fingerprint density at radius 3 is 2.72 bits per heavy atom. The Morgan fingerprint density at radius 2 is 2.11 bits per heavy atom. The molecule has 2 N–H and O–H groups in total. The topological polar surface area (TPSA) is 71.9 Å². The lowest BCUT2D eigenvalue weighted by Crippen LogP contribution is -2.30. The Balaban J connectivity index is 1.87. The normalized spacial score (nSPS) is 23.3. The summed E-state index contributed by atoms with van der Waals surface area (Å²) in [5, 5.41) is 8.66. The number of nitrogens with zero attached hydrogens (tertiary/aromatic N) is 2. The first-order valence-corrected chi connectivity index (χ1v) is 6.52. The van der Waals surface area contributed by atoms with Crippen LogP contribution in [0.4, 0.5) is 0 Å². The molecule has 1 aliphatic carbocycles. The lowest BCUT2D eigenvalue weighted by Gasteiger charge is -2.30. The monoisotopic (exact) mass is 245 g/mol. The number of nitrogens with two attached hydrogens (primary N) is 1. The van der Waals surface area contributed by atoms with E-state index in [4.69, 9.17) is 15.7 Å². The van der Waals surface area contributed by atoms with Crippen LogP contribution in [0.2, 0.25) is 0 Å². The summed E-state index contributed by atoms with van der Waals surface area (Å²) in [6.45, 7) is 1.45. The van der Waals surface area contributed by atoms with Crippen LogP contribution < -0.4 is 10.5 Å².